The molecule has 0 bridgehead atoms. The first-order valence-electron chi connectivity index (χ1n) is 6.27. The van der Waals surface area contributed by atoms with Gasteiger partial charge >= 0.3 is 0 Å². The molecule has 0 aliphatic heterocycles. The minimum Gasteiger partial charge on any atom is -0.392 e. The highest BCUT2D eigenvalue weighted by molar-refractivity contribution is 6.43. The predicted octanol–water partition coefficient (Wildman–Crippen LogP) is 2.79. The van der Waals surface area contributed by atoms with Crippen LogP contribution >= 0.6 is 23.2 Å². The van der Waals surface area contributed by atoms with Crippen LogP contribution in [-0.2, 0) is 0 Å². The van der Waals surface area contributed by atoms with E-state index in [2.05, 4.69) is 5.32 Å². The van der Waals surface area contributed by atoms with Gasteiger partial charge in [-0.25, -0.2) is 0 Å². The van der Waals surface area contributed by atoms with Crippen molar-refractivity contribution in [1.82, 2.24) is 5.32 Å². The number of hydrogen-bond acceptors (Lipinski definition) is 4. The van der Waals surface area contributed by atoms with E-state index in [1.54, 1.807) is 0 Å². The monoisotopic (exact) mass is 332 g/mol. The van der Waals surface area contributed by atoms with Gasteiger partial charge in [0, 0.05) is 23.1 Å². The number of carbonyl (C=O) groups excluding carboxylic acids is 1. The standard InChI is InChI=1S/C13H14Cl2N2O4/c1-13(2)9(5-10(13)18)16-12(19)6-3-7(14)11(15)8(4-6)17(20)21/h3-4,9-10,18H,5H2,1-2H3,(H,16,19). The van der Waals surface area contributed by atoms with Crippen LogP contribution in [-0.4, -0.2) is 28.1 Å². The van der Waals surface area contributed by atoms with Crippen molar-refractivity contribution >= 4 is 34.8 Å². The van der Waals surface area contributed by atoms with E-state index in [0.29, 0.717) is 6.42 Å². The number of amides is 1. The van der Waals surface area contributed by atoms with Gasteiger partial charge in [0.25, 0.3) is 11.6 Å². The Kier molecular flexibility index (Phi) is 4.15. The van der Waals surface area contributed by atoms with Gasteiger partial charge < -0.3 is 10.4 Å². The molecule has 6 nitrogen and oxygen atoms in total. The van der Waals surface area contributed by atoms with E-state index in [0.717, 1.165) is 6.07 Å². The Morgan fingerprint density at radius 1 is 1.48 bits per heavy atom. The van der Waals surface area contributed by atoms with Gasteiger partial charge in [-0.15, -0.1) is 0 Å². The maximum absolute atomic E-state index is 12.2. The lowest BCUT2D eigenvalue weighted by Crippen LogP contribution is -2.61. The quantitative estimate of drug-likeness (QED) is 0.657. The lowest BCUT2D eigenvalue weighted by Gasteiger charge is -2.49. The SMILES string of the molecule is CC1(C)C(O)CC1NC(=O)c1cc(Cl)c(Cl)c([N+](=O)[O-])c1. The topological polar surface area (TPSA) is 92.5 Å². The van der Waals surface area contributed by atoms with Crippen LogP contribution in [0.3, 0.4) is 0 Å². The molecule has 2 atom stereocenters. The molecule has 2 rings (SSSR count). The molecule has 1 aliphatic rings. The second-order valence-corrected chi connectivity index (χ2v) is 6.43. The fourth-order valence-electron chi connectivity index (χ4n) is 2.23. The zero-order valence-corrected chi connectivity index (χ0v) is 12.9. The summed E-state index contributed by atoms with van der Waals surface area (Å²) in [6, 6.07) is 2.17. The number of carbonyl (C=O) groups is 1. The van der Waals surface area contributed by atoms with E-state index in [1.807, 2.05) is 13.8 Å². The second kappa shape index (κ2) is 5.44. The highest BCUT2D eigenvalue weighted by atomic mass is 35.5. The predicted molar refractivity (Wildman–Crippen MR) is 78.8 cm³/mol. The van der Waals surface area contributed by atoms with Gasteiger partial charge in [-0.2, -0.15) is 0 Å². The number of rotatable bonds is 3. The average Bonchev–Trinajstić information content (AvgIpc) is 2.40. The summed E-state index contributed by atoms with van der Waals surface area (Å²) in [6.07, 6.45) is -0.0340. The largest absolute Gasteiger partial charge is 0.392 e. The normalized spacial score (nSPS) is 23.3. The van der Waals surface area contributed by atoms with E-state index >= 15 is 0 Å². The van der Waals surface area contributed by atoms with Crippen molar-refractivity contribution in [3.63, 3.8) is 0 Å². The van der Waals surface area contributed by atoms with E-state index < -0.39 is 28.0 Å². The first-order valence-corrected chi connectivity index (χ1v) is 7.02. The zero-order chi connectivity index (χ0) is 15.9. The van der Waals surface area contributed by atoms with Crippen molar-refractivity contribution in [2.24, 2.45) is 5.41 Å². The molecule has 21 heavy (non-hydrogen) atoms. The fourth-order valence-corrected chi connectivity index (χ4v) is 2.62. The van der Waals surface area contributed by atoms with Crippen LogP contribution in [0.25, 0.3) is 0 Å². The van der Waals surface area contributed by atoms with Crippen molar-refractivity contribution < 1.29 is 14.8 Å². The third kappa shape index (κ3) is 2.84. The van der Waals surface area contributed by atoms with Crippen molar-refractivity contribution in [2.75, 3.05) is 0 Å². The Bertz CT molecular complexity index is 618. The third-order valence-corrected chi connectivity index (χ3v) is 4.78. The molecule has 0 saturated heterocycles. The maximum atomic E-state index is 12.2. The Morgan fingerprint density at radius 3 is 2.57 bits per heavy atom. The third-order valence-electron chi connectivity index (χ3n) is 3.99. The van der Waals surface area contributed by atoms with Crippen LogP contribution in [0.1, 0.15) is 30.6 Å². The number of nitrogens with zero attached hydrogens (tertiary/aromatic N) is 1. The van der Waals surface area contributed by atoms with Crippen LogP contribution < -0.4 is 5.32 Å². The molecule has 1 saturated carbocycles. The first-order chi connectivity index (χ1) is 9.64. The van der Waals surface area contributed by atoms with Crippen LogP contribution in [0.5, 0.6) is 0 Å². The molecule has 0 aromatic heterocycles. The summed E-state index contributed by atoms with van der Waals surface area (Å²) >= 11 is 11.5. The zero-order valence-electron chi connectivity index (χ0n) is 11.4. The molecule has 2 N–H and O–H groups in total. The Labute approximate surface area is 131 Å². The number of aliphatic hydroxyl groups is 1. The number of halogens is 2. The van der Waals surface area contributed by atoms with Gasteiger partial charge in [-0.3, -0.25) is 14.9 Å². The van der Waals surface area contributed by atoms with Crippen molar-refractivity contribution in [2.45, 2.75) is 32.4 Å². The Balaban J connectivity index is 2.23. The summed E-state index contributed by atoms with van der Waals surface area (Å²) in [7, 11) is 0. The van der Waals surface area contributed by atoms with Gasteiger partial charge in [0.1, 0.15) is 5.02 Å². The minimum absolute atomic E-state index is 0.0519. The number of aliphatic hydroxyl groups excluding tert-OH is 1. The summed E-state index contributed by atoms with van der Waals surface area (Å²) < 4.78 is 0. The Morgan fingerprint density at radius 2 is 2.10 bits per heavy atom. The minimum atomic E-state index is -0.692. The second-order valence-electron chi connectivity index (χ2n) is 5.65. The highest BCUT2D eigenvalue weighted by Crippen LogP contribution is 2.40. The molecule has 0 radical (unpaired) electrons. The molecular formula is C13H14Cl2N2O4. The van der Waals surface area contributed by atoms with Gasteiger partial charge in [0.05, 0.1) is 16.0 Å². The first kappa shape index (κ1) is 16.0. The number of nitro groups is 1. The van der Waals surface area contributed by atoms with E-state index in [1.165, 1.54) is 6.07 Å². The molecular weight excluding hydrogens is 319 g/mol. The molecule has 8 heteroatoms. The summed E-state index contributed by atoms with van der Waals surface area (Å²) in [6.45, 7) is 3.67. The average molecular weight is 333 g/mol. The summed E-state index contributed by atoms with van der Waals surface area (Å²) in [5.41, 5.74) is -0.784. The molecule has 1 fully saturated rings. The van der Waals surface area contributed by atoms with E-state index in [-0.39, 0.29) is 21.7 Å². The van der Waals surface area contributed by atoms with Gasteiger partial charge in [-0.1, -0.05) is 37.0 Å². The van der Waals surface area contributed by atoms with Gasteiger partial charge in [0.2, 0.25) is 0 Å². The number of hydrogen-bond donors (Lipinski definition) is 2. The molecule has 0 spiro atoms. The molecule has 2 unspecified atom stereocenters. The summed E-state index contributed by atoms with van der Waals surface area (Å²) in [5.74, 6) is -0.485. The van der Waals surface area contributed by atoms with E-state index in [4.69, 9.17) is 23.2 Å². The maximum Gasteiger partial charge on any atom is 0.290 e. The van der Waals surface area contributed by atoms with Crippen LogP contribution in [0.2, 0.25) is 10.0 Å². The van der Waals surface area contributed by atoms with Crippen molar-refractivity contribution in [3.05, 3.63) is 37.9 Å². The highest BCUT2D eigenvalue weighted by Gasteiger charge is 2.48. The van der Waals surface area contributed by atoms with Crippen molar-refractivity contribution in [1.29, 1.82) is 0 Å². The van der Waals surface area contributed by atoms with Crippen molar-refractivity contribution in [3.8, 4) is 0 Å². The van der Waals surface area contributed by atoms with Gasteiger partial charge in [0.15, 0.2) is 0 Å². The molecule has 0 heterocycles. The lowest BCUT2D eigenvalue weighted by atomic mass is 9.64. The number of benzene rings is 1. The molecule has 1 aromatic rings. The lowest BCUT2D eigenvalue weighted by molar-refractivity contribution is -0.384. The van der Waals surface area contributed by atoms with Crippen LogP contribution in [0.15, 0.2) is 12.1 Å². The summed E-state index contributed by atoms with van der Waals surface area (Å²) in [4.78, 5) is 22.4. The van der Waals surface area contributed by atoms with E-state index in [9.17, 15) is 20.0 Å². The number of nitrogens with one attached hydrogen (secondary N) is 1. The molecule has 1 amide bonds. The fraction of sp³-hybridized carbons (Fsp3) is 0.462. The van der Waals surface area contributed by atoms with Crippen LogP contribution in [0.4, 0.5) is 5.69 Å². The summed E-state index contributed by atoms with van der Waals surface area (Å²) in [5, 5.41) is 23.0. The Hall–Kier alpha value is -1.37. The smallest absolute Gasteiger partial charge is 0.290 e. The molecule has 1 aliphatic carbocycles. The molecule has 1 aromatic carbocycles. The van der Waals surface area contributed by atoms with Gasteiger partial charge in [-0.05, 0) is 12.5 Å². The molecule has 114 valence electrons. The number of nitro benzene ring substituents is 1. The van der Waals surface area contributed by atoms with Crippen LogP contribution in [0, 0.1) is 15.5 Å².